The number of hydrazone groups is 1. The summed E-state index contributed by atoms with van der Waals surface area (Å²) in [6.07, 6.45) is 1.40. The minimum atomic E-state index is -0.691. The second-order valence-electron chi connectivity index (χ2n) is 6.64. The summed E-state index contributed by atoms with van der Waals surface area (Å²) >= 11 is 12.1. The van der Waals surface area contributed by atoms with Crippen LogP contribution in [0.2, 0.25) is 10.0 Å². The molecule has 33 heavy (non-hydrogen) atoms. The van der Waals surface area contributed by atoms with Crippen LogP contribution in [0.5, 0.6) is 11.5 Å². The molecule has 1 N–H and O–H groups in total. The monoisotopic (exact) mass is 487 g/mol. The zero-order valence-corrected chi connectivity index (χ0v) is 19.0. The summed E-state index contributed by atoms with van der Waals surface area (Å²) in [7, 11) is 0. The summed E-state index contributed by atoms with van der Waals surface area (Å²) in [6, 6.07) is 15.9. The predicted molar refractivity (Wildman–Crippen MR) is 127 cm³/mol. The van der Waals surface area contributed by atoms with Crippen molar-refractivity contribution in [3.63, 3.8) is 0 Å². The largest absolute Gasteiger partial charge is 0.490 e. The lowest BCUT2D eigenvalue weighted by Gasteiger charge is -2.13. The molecule has 0 saturated heterocycles. The maximum atomic E-state index is 12.3. The van der Waals surface area contributed by atoms with E-state index in [1.807, 2.05) is 6.92 Å². The summed E-state index contributed by atoms with van der Waals surface area (Å²) in [5.41, 5.74) is 3.30. The maximum Gasteiger partial charge on any atom is 0.282 e. The Morgan fingerprint density at radius 3 is 2.61 bits per heavy atom. The number of hydrogen-bond acceptors (Lipinski definition) is 6. The first-order chi connectivity index (χ1) is 15.9. The Morgan fingerprint density at radius 1 is 1.09 bits per heavy atom. The molecule has 0 bridgehead atoms. The Balaban J connectivity index is 1.70. The maximum absolute atomic E-state index is 12.3. The minimum Gasteiger partial charge on any atom is -0.490 e. The van der Waals surface area contributed by atoms with Gasteiger partial charge in [0.1, 0.15) is 12.2 Å². The van der Waals surface area contributed by atoms with Crippen LogP contribution in [-0.2, 0) is 6.61 Å². The lowest BCUT2D eigenvalue weighted by atomic mass is 10.2. The molecule has 0 spiro atoms. The van der Waals surface area contributed by atoms with E-state index in [2.05, 4.69) is 10.5 Å². The SMILES string of the molecule is CCOc1cc(/C=N\NC(=O)c2ccccc2[N+](=O)[O-])ccc1OCc1ccc(Cl)cc1Cl. The van der Waals surface area contributed by atoms with E-state index < -0.39 is 10.8 Å². The van der Waals surface area contributed by atoms with Crippen LogP contribution in [0, 0.1) is 10.1 Å². The molecule has 0 aliphatic heterocycles. The van der Waals surface area contributed by atoms with Gasteiger partial charge in [-0.25, -0.2) is 5.43 Å². The normalized spacial score (nSPS) is 10.8. The highest BCUT2D eigenvalue weighted by Crippen LogP contribution is 2.30. The molecular weight excluding hydrogens is 469 g/mol. The number of benzene rings is 3. The van der Waals surface area contributed by atoms with Gasteiger partial charge in [-0.15, -0.1) is 0 Å². The predicted octanol–water partition coefficient (Wildman–Crippen LogP) is 5.64. The van der Waals surface area contributed by atoms with E-state index in [0.717, 1.165) is 5.56 Å². The van der Waals surface area contributed by atoms with Gasteiger partial charge >= 0.3 is 0 Å². The van der Waals surface area contributed by atoms with Crippen molar-refractivity contribution in [1.29, 1.82) is 0 Å². The highest BCUT2D eigenvalue weighted by molar-refractivity contribution is 6.35. The Hall–Kier alpha value is -3.62. The van der Waals surface area contributed by atoms with Crippen LogP contribution in [-0.4, -0.2) is 23.7 Å². The van der Waals surface area contributed by atoms with Crippen molar-refractivity contribution in [2.45, 2.75) is 13.5 Å². The van der Waals surface area contributed by atoms with Crippen LogP contribution in [0.3, 0.4) is 0 Å². The molecule has 0 fully saturated rings. The Labute approximate surface area is 199 Å². The fourth-order valence-electron chi connectivity index (χ4n) is 2.84. The quantitative estimate of drug-likeness (QED) is 0.239. The molecule has 0 aromatic heterocycles. The number of carbonyl (C=O) groups is 1. The van der Waals surface area contributed by atoms with Gasteiger partial charge in [0.25, 0.3) is 11.6 Å². The molecule has 1 amide bonds. The molecule has 0 aliphatic rings. The summed E-state index contributed by atoms with van der Waals surface area (Å²) in [5.74, 6) is 0.295. The van der Waals surface area contributed by atoms with Crippen LogP contribution < -0.4 is 14.9 Å². The molecule has 3 aromatic carbocycles. The van der Waals surface area contributed by atoms with Crippen molar-refractivity contribution in [3.8, 4) is 11.5 Å². The third-order valence-corrected chi connectivity index (χ3v) is 4.98. The summed E-state index contributed by atoms with van der Waals surface area (Å²) in [4.78, 5) is 22.7. The number of nitrogens with zero attached hydrogens (tertiary/aromatic N) is 2. The number of amides is 1. The standard InChI is InChI=1S/C23H19Cl2N3O5/c1-2-32-22-11-15(7-10-21(22)33-14-16-8-9-17(24)12-19(16)25)13-26-27-23(29)18-5-3-4-6-20(18)28(30)31/h3-13H,2,14H2,1H3,(H,27,29)/b26-13-. The third-order valence-electron chi connectivity index (χ3n) is 4.39. The first kappa shape index (κ1) is 24.0. The molecule has 170 valence electrons. The van der Waals surface area contributed by atoms with Gasteiger partial charge in [0.2, 0.25) is 0 Å². The van der Waals surface area contributed by atoms with Gasteiger partial charge in [-0.05, 0) is 48.9 Å². The number of nitrogens with one attached hydrogen (secondary N) is 1. The van der Waals surface area contributed by atoms with Crippen molar-refractivity contribution in [1.82, 2.24) is 5.43 Å². The highest BCUT2D eigenvalue weighted by Gasteiger charge is 2.18. The minimum absolute atomic E-state index is 0.0840. The van der Waals surface area contributed by atoms with Gasteiger partial charge in [-0.1, -0.05) is 41.4 Å². The highest BCUT2D eigenvalue weighted by atomic mass is 35.5. The van der Waals surface area contributed by atoms with E-state index in [1.165, 1.54) is 30.5 Å². The van der Waals surface area contributed by atoms with E-state index >= 15 is 0 Å². The number of halogens is 2. The van der Waals surface area contributed by atoms with Crippen LogP contribution in [0.15, 0.2) is 65.8 Å². The lowest BCUT2D eigenvalue weighted by molar-refractivity contribution is -0.385. The molecule has 0 heterocycles. The zero-order valence-electron chi connectivity index (χ0n) is 17.5. The van der Waals surface area contributed by atoms with E-state index in [4.69, 9.17) is 32.7 Å². The molecule has 0 aliphatic carbocycles. The van der Waals surface area contributed by atoms with Crippen molar-refractivity contribution in [2.24, 2.45) is 5.10 Å². The van der Waals surface area contributed by atoms with Gasteiger partial charge in [0.05, 0.1) is 17.7 Å². The first-order valence-corrected chi connectivity index (χ1v) is 10.5. The average Bonchev–Trinajstić information content (AvgIpc) is 2.79. The van der Waals surface area contributed by atoms with Gasteiger partial charge in [0.15, 0.2) is 11.5 Å². The molecule has 10 heteroatoms. The number of ether oxygens (including phenoxy) is 2. The van der Waals surface area contributed by atoms with Gasteiger partial charge in [-0.3, -0.25) is 14.9 Å². The number of carbonyl (C=O) groups excluding carboxylic acids is 1. The molecule has 0 atom stereocenters. The number of nitro benzene ring substituents is 1. The van der Waals surface area contributed by atoms with E-state index in [-0.39, 0.29) is 17.9 Å². The van der Waals surface area contributed by atoms with Crippen molar-refractivity contribution in [3.05, 3.63) is 97.5 Å². The Bertz CT molecular complexity index is 1200. The Morgan fingerprint density at radius 2 is 1.88 bits per heavy atom. The van der Waals surface area contributed by atoms with Crippen LogP contribution in [0.25, 0.3) is 0 Å². The topological polar surface area (TPSA) is 103 Å². The van der Waals surface area contributed by atoms with Gasteiger partial charge in [-0.2, -0.15) is 5.10 Å². The lowest BCUT2D eigenvalue weighted by Crippen LogP contribution is -2.18. The molecule has 3 aromatic rings. The van der Waals surface area contributed by atoms with E-state index in [0.29, 0.717) is 33.7 Å². The molecule has 0 saturated carbocycles. The number of nitro groups is 1. The van der Waals surface area contributed by atoms with Crippen molar-refractivity contribution in [2.75, 3.05) is 6.61 Å². The second kappa shape index (κ2) is 11.3. The molecular formula is C23H19Cl2N3O5. The van der Waals surface area contributed by atoms with Crippen LogP contribution >= 0.6 is 23.2 Å². The van der Waals surface area contributed by atoms with Gasteiger partial charge < -0.3 is 9.47 Å². The zero-order chi connectivity index (χ0) is 23.8. The third kappa shape index (κ3) is 6.44. The fraction of sp³-hybridized carbons (Fsp3) is 0.130. The number of para-hydroxylation sites is 1. The summed E-state index contributed by atoms with van der Waals surface area (Å²) in [5, 5.41) is 16.0. The number of hydrogen-bond donors (Lipinski definition) is 1. The van der Waals surface area contributed by atoms with E-state index in [9.17, 15) is 14.9 Å². The molecule has 0 radical (unpaired) electrons. The molecule has 3 rings (SSSR count). The Kier molecular flexibility index (Phi) is 8.23. The van der Waals surface area contributed by atoms with Crippen molar-refractivity contribution >= 4 is 41.0 Å². The first-order valence-electron chi connectivity index (χ1n) is 9.79. The summed E-state index contributed by atoms with van der Waals surface area (Å²) < 4.78 is 11.5. The molecule has 0 unspecified atom stereocenters. The second-order valence-corrected chi connectivity index (χ2v) is 7.48. The van der Waals surface area contributed by atoms with Gasteiger partial charge in [0, 0.05) is 21.7 Å². The smallest absolute Gasteiger partial charge is 0.282 e. The fourth-order valence-corrected chi connectivity index (χ4v) is 3.30. The molecule has 8 nitrogen and oxygen atoms in total. The van der Waals surface area contributed by atoms with Crippen LogP contribution in [0.1, 0.15) is 28.4 Å². The number of rotatable bonds is 9. The summed E-state index contributed by atoms with van der Waals surface area (Å²) in [6.45, 7) is 2.47. The van der Waals surface area contributed by atoms with Crippen molar-refractivity contribution < 1.29 is 19.2 Å². The van der Waals surface area contributed by atoms with E-state index in [1.54, 1.807) is 36.4 Å². The van der Waals surface area contributed by atoms with Crippen LogP contribution in [0.4, 0.5) is 5.69 Å². The average molecular weight is 488 g/mol.